The van der Waals surface area contributed by atoms with Gasteiger partial charge in [-0.05, 0) is 12.2 Å². The Morgan fingerprint density at radius 2 is 2.06 bits per heavy atom. The molecule has 3 nitrogen and oxygen atoms in total. The second kappa shape index (κ2) is 5.80. The molecule has 1 saturated heterocycles. The monoisotopic (exact) mass is 285 g/mol. The molecule has 102 valence electrons. The van der Waals surface area contributed by atoms with Crippen LogP contribution < -0.4 is 10.6 Å². The van der Waals surface area contributed by atoms with Gasteiger partial charge in [-0.3, -0.25) is 0 Å². The van der Waals surface area contributed by atoms with Gasteiger partial charge in [0.1, 0.15) is 0 Å². The lowest BCUT2D eigenvalue weighted by molar-refractivity contribution is 0.565. The number of thioether (sulfide) groups is 1. The molecule has 2 heterocycles. The van der Waals surface area contributed by atoms with Crippen LogP contribution in [0.3, 0.4) is 0 Å². The highest BCUT2D eigenvalue weighted by Crippen LogP contribution is 2.34. The Kier molecular flexibility index (Phi) is 4.56. The summed E-state index contributed by atoms with van der Waals surface area (Å²) >= 11 is 3.83. The summed E-state index contributed by atoms with van der Waals surface area (Å²) in [4.78, 5) is 8.55. The quantitative estimate of drug-likeness (QED) is 0.907. The number of aromatic nitrogens is 1. The van der Waals surface area contributed by atoms with Crippen LogP contribution in [0.4, 0.5) is 5.13 Å². The smallest absolute Gasteiger partial charge is 0.185 e. The van der Waals surface area contributed by atoms with Gasteiger partial charge in [-0.15, -0.1) is 11.3 Å². The molecule has 0 unspecified atom stereocenters. The van der Waals surface area contributed by atoms with Crippen molar-refractivity contribution < 1.29 is 0 Å². The van der Waals surface area contributed by atoms with E-state index in [9.17, 15) is 0 Å². The highest BCUT2D eigenvalue weighted by molar-refractivity contribution is 7.99. The molecular formula is C13H23N3S2. The first-order chi connectivity index (χ1) is 8.52. The summed E-state index contributed by atoms with van der Waals surface area (Å²) in [6.07, 6.45) is 1.26. The molecule has 5 heteroatoms. The first-order valence-corrected chi connectivity index (χ1v) is 8.52. The average Bonchev–Trinajstić information content (AvgIpc) is 2.57. The third kappa shape index (κ3) is 3.19. The predicted octanol–water partition coefficient (Wildman–Crippen LogP) is 2.84. The summed E-state index contributed by atoms with van der Waals surface area (Å²) in [7, 11) is 0. The van der Waals surface area contributed by atoms with Crippen molar-refractivity contribution in [2.24, 2.45) is 5.73 Å². The van der Waals surface area contributed by atoms with Gasteiger partial charge in [-0.2, -0.15) is 11.8 Å². The highest BCUT2D eigenvalue weighted by Gasteiger charge is 2.24. The Bertz CT molecular complexity index is 387. The lowest BCUT2D eigenvalue weighted by Crippen LogP contribution is -2.25. The van der Waals surface area contributed by atoms with E-state index < -0.39 is 0 Å². The molecule has 0 aliphatic carbocycles. The third-order valence-corrected chi connectivity index (χ3v) is 5.26. The molecular weight excluding hydrogens is 262 g/mol. The van der Waals surface area contributed by atoms with E-state index >= 15 is 0 Å². The van der Waals surface area contributed by atoms with E-state index in [1.54, 1.807) is 11.3 Å². The Balaban J connectivity index is 2.25. The van der Waals surface area contributed by atoms with Gasteiger partial charge in [0, 0.05) is 35.7 Å². The van der Waals surface area contributed by atoms with Crippen LogP contribution in [0.5, 0.6) is 0 Å². The molecule has 2 rings (SSSR count). The largest absolute Gasteiger partial charge is 0.347 e. The fourth-order valence-electron chi connectivity index (χ4n) is 2.14. The summed E-state index contributed by atoms with van der Waals surface area (Å²) < 4.78 is 0. The molecule has 1 aliphatic heterocycles. The Morgan fingerprint density at radius 1 is 1.28 bits per heavy atom. The summed E-state index contributed by atoms with van der Waals surface area (Å²) in [5.74, 6) is 2.49. The fourth-order valence-corrected chi connectivity index (χ4v) is 4.22. The molecule has 0 spiro atoms. The maximum atomic E-state index is 5.87. The van der Waals surface area contributed by atoms with Crippen molar-refractivity contribution in [3.05, 3.63) is 10.6 Å². The van der Waals surface area contributed by atoms with E-state index in [1.165, 1.54) is 33.6 Å². The lowest BCUT2D eigenvalue weighted by Gasteiger charge is -2.19. The molecule has 0 atom stereocenters. The number of anilines is 1. The van der Waals surface area contributed by atoms with Crippen LogP contribution in [0.1, 0.15) is 37.8 Å². The Labute approximate surface area is 118 Å². The molecule has 1 aromatic rings. The second-order valence-corrected chi connectivity index (χ2v) is 7.96. The van der Waals surface area contributed by atoms with E-state index in [1.807, 2.05) is 11.8 Å². The second-order valence-electron chi connectivity index (χ2n) is 5.68. The molecule has 1 aromatic heterocycles. The maximum absolute atomic E-state index is 5.87. The van der Waals surface area contributed by atoms with Crippen LogP contribution in [0.15, 0.2) is 0 Å². The number of thiazole rings is 1. The topological polar surface area (TPSA) is 42.2 Å². The number of rotatable bonds is 2. The fraction of sp³-hybridized carbons (Fsp3) is 0.769. The molecule has 0 saturated carbocycles. The molecule has 18 heavy (non-hydrogen) atoms. The maximum Gasteiger partial charge on any atom is 0.185 e. The highest BCUT2D eigenvalue weighted by atomic mass is 32.2. The van der Waals surface area contributed by atoms with Crippen LogP contribution >= 0.6 is 23.1 Å². The summed E-state index contributed by atoms with van der Waals surface area (Å²) in [6, 6.07) is 0. The van der Waals surface area contributed by atoms with Crippen molar-refractivity contribution in [1.29, 1.82) is 0 Å². The molecule has 1 fully saturated rings. The van der Waals surface area contributed by atoms with Gasteiger partial charge in [0.15, 0.2) is 5.13 Å². The van der Waals surface area contributed by atoms with E-state index in [4.69, 9.17) is 10.7 Å². The first-order valence-electron chi connectivity index (χ1n) is 6.55. The number of nitrogens with two attached hydrogens (primary N) is 1. The average molecular weight is 285 g/mol. The zero-order valence-corrected chi connectivity index (χ0v) is 13.2. The van der Waals surface area contributed by atoms with Crippen LogP contribution in [-0.2, 0) is 12.0 Å². The van der Waals surface area contributed by atoms with Crippen molar-refractivity contribution in [2.75, 3.05) is 29.5 Å². The summed E-state index contributed by atoms with van der Waals surface area (Å²) in [5, 5.41) is 1.17. The van der Waals surface area contributed by atoms with Gasteiger partial charge in [-0.25, -0.2) is 4.98 Å². The normalized spacial score (nSPS) is 17.9. The van der Waals surface area contributed by atoms with Gasteiger partial charge in [-0.1, -0.05) is 20.8 Å². The molecule has 0 bridgehead atoms. The summed E-state index contributed by atoms with van der Waals surface area (Å²) in [5.41, 5.74) is 7.14. The molecule has 0 amide bonds. The van der Waals surface area contributed by atoms with Gasteiger partial charge in [0.25, 0.3) is 0 Å². The standard InChI is InChI=1S/C13H23N3S2/c1-13(2,3)11-10(9-14)18-12(15-11)16-5-4-7-17-8-6-16/h4-9,14H2,1-3H3. The number of hydrogen-bond acceptors (Lipinski definition) is 5. The van der Waals surface area contributed by atoms with Crippen LogP contribution in [0.2, 0.25) is 0 Å². The number of nitrogens with zero attached hydrogens (tertiary/aromatic N) is 2. The molecule has 0 radical (unpaired) electrons. The molecule has 2 N–H and O–H groups in total. The Hall–Kier alpha value is -0.260. The van der Waals surface area contributed by atoms with Gasteiger partial charge >= 0.3 is 0 Å². The molecule has 0 aromatic carbocycles. The van der Waals surface area contributed by atoms with Gasteiger partial charge in [0.05, 0.1) is 5.69 Å². The van der Waals surface area contributed by atoms with Crippen LogP contribution in [0, 0.1) is 0 Å². The van der Waals surface area contributed by atoms with Crippen LogP contribution in [0.25, 0.3) is 0 Å². The van der Waals surface area contributed by atoms with E-state index in [-0.39, 0.29) is 5.41 Å². The SMILES string of the molecule is CC(C)(C)c1nc(N2CCCSCC2)sc1CN. The molecule has 1 aliphatic rings. The van der Waals surface area contributed by atoms with E-state index in [0.29, 0.717) is 6.54 Å². The Morgan fingerprint density at radius 3 is 2.67 bits per heavy atom. The van der Waals surface area contributed by atoms with Gasteiger partial charge in [0.2, 0.25) is 0 Å². The van der Waals surface area contributed by atoms with Crippen molar-refractivity contribution in [1.82, 2.24) is 4.98 Å². The minimum absolute atomic E-state index is 0.0874. The predicted molar refractivity (Wildman–Crippen MR) is 82.9 cm³/mol. The minimum atomic E-state index is 0.0874. The van der Waals surface area contributed by atoms with Crippen molar-refractivity contribution in [3.8, 4) is 0 Å². The zero-order chi connectivity index (χ0) is 13.2. The first kappa shape index (κ1) is 14.2. The van der Waals surface area contributed by atoms with Crippen molar-refractivity contribution in [2.45, 2.75) is 39.2 Å². The zero-order valence-electron chi connectivity index (χ0n) is 11.5. The number of hydrogen-bond donors (Lipinski definition) is 1. The van der Waals surface area contributed by atoms with E-state index in [0.717, 1.165) is 13.1 Å². The third-order valence-electron chi connectivity index (χ3n) is 3.07. The van der Waals surface area contributed by atoms with Gasteiger partial charge < -0.3 is 10.6 Å². The van der Waals surface area contributed by atoms with Crippen LogP contribution in [-0.4, -0.2) is 29.6 Å². The minimum Gasteiger partial charge on any atom is -0.347 e. The van der Waals surface area contributed by atoms with E-state index in [2.05, 4.69) is 25.7 Å². The lowest BCUT2D eigenvalue weighted by atomic mass is 9.91. The van der Waals surface area contributed by atoms with Crippen molar-refractivity contribution >= 4 is 28.2 Å². The summed E-state index contributed by atoms with van der Waals surface area (Å²) in [6.45, 7) is 9.49. The van der Waals surface area contributed by atoms with Crippen molar-refractivity contribution in [3.63, 3.8) is 0 Å².